The maximum Gasteiger partial charge on any atom is 0.255 e. The maximum absolute atomic E-state index is 13.7. The Kier molecular flexibility index (Phi) is 3.30. The highest BCUT2D eigenvalue weighted by Gasteiger charge is 2.29. The molecule has 1 aliphatic carbocycles. The lowest BCUT2D eigenvalue weighted by atomic mass is 10.2. The van der Waals surface area contributed by atoms with Gasteiger partial charge in [0.1, 0.15) is 11.0 Å². The predicted octanol–water partition coefficient (Wildman–Crippen LogP) is 3.10. The summed E-state index contributed by atoms with van der Waals surface area (Å²) in [5.74, 6) is -1.13. The van der Waals surface area contributed by atoms with E-state index in [1.165, 1.54) is 22.8 Å². The molecule has 20 heavy (non-hydrogen) atoms. The highest BCUT2D eigenvalue weighted by molar-refractivity contribution is 6.29. The van der Waals surface area contributed by atoms with E-state index < -0.39 is 11.6 Å². The number of hydrogen-bond donors (Lipinski definition) is 0. The van der Waals surface area contributed by atoms with Gasteiger partial charge in [-0.3, -0.25) is 9.36 Å². The molecule has 1 saturated carbocycles. The van der Waals surface area contributed by atoms with Gasteiger partial charge in [-0.2, -0.15) is 0 Å². The number of benzene rings is 1. The third kappa shape index (κ3) is 2.45. The maximum atomic E-state index is 13.7. The Bertz CT molecular complexity index is 726. The van der Waals surface area contributed by atoms with Crippen LogP contribution in [0.25, 0.3) is 0 Å². The molecule has 0 aliphatic heterocycles. The molecule has 3 nitrogen and oxygen atoms in total. The van der Waals surface area contributed by atoms with Crippen molar-refractivity contribution >= 4 is 11.6 Å². The van der Waals surface area contributed by atoms with Gasteiger partial charge < -0.3 is 0 Å². The topological polar surface area (TPSA) is 34.9 Å². The predicted molar refractivity (Wildman–Crippen MR) is 70.9 cm³/mol. The molecular formula is C14H11ClF2N2O. The van der Waals surface area contributed by atoms with Gasteiger partial charge in [-0.25, -0.2) is 13.8 Å². The summed E-state index contributed by atoms with van der Waals surface area (Å²) in [5, 5.41) is 0.132. The Morgan fingerprint density at radius 3 is 2.80 bits per heavy atom. The van der Waals surface area contributed by atoms with E-state index >= 15 is 0 Å². The molecule has 0 N–H and O–H groups in total. The molecule has 1 fully saturated rings. The van der Waals surface area contributed by atoms with Crippen molar-refractivity contribution in [3.8, 4) is 0 Å². The number of halogens is 3. The molecule has 0 saturated heterocycles. The van der Waals surface area contributed by atoms with Crippen LogP contribution >= 0.6 is 11.6 Å². The first-order chi connectivity index (χ1) is 9.56. The fourth-order valence-electron chi connectivity index (χ4n) is 2.15. The van der Waals surface area contributed by atoms with Gasteiger partial charge in [0.15, 0.2) is 11.6 Å². The number of aromatic nitrogens is 2. The molecule has 0 radical (unpaired) electrons. The second-order valence-corrected chi connectivity index (χ2v) is 5.24. The zero-order valence-electron chi connectivity index (χ0n) is 10.4. The Morgan fingerprint density at radius 1 is 1.35 bits per heavy atom. The molecule has 3 rings (SSSR count). The van der Waals surface area contributed by atoms with E-state index in [1.807, 2.05) is 0 Å². The molecule has 2 aromatic rings. The van der Waals surface area contributed by atoms with Crippen molar-refractivity contribution in [3.05, 3.63) is 62.8 Å². The zero-order chi connectivity index (χ0) is 14.3. The van der Waals surface area contributed by atoms with E-state index in [-0.39, 0.29) is 28.7 Å². The van der Waals surface area contributed by atoms with E-state index in [9.17, 15) is 13.6 Å². The first kappa shape index (κ1) is 13.2. The molecule has 0 unspecified atom stereocenters. The van der Waals surface area contributed by atoms with Crippen molar-refractivity contribution in [3.63, 3.8) is 0 Å². The molecule has 0 amide bonds. The number of hydrogen-bond acceptors (Lipinski definition) is 2. The van der Waals surface area contributed by atoms with Crippen LogP contribution < -0.4 is 5.56 Å². The van der Waals surface area contributed by atoms with Gasteiger partial charge in [0.05, 0.1) is 6.54 Å². The van der Waals surface area contributed by atoms with E-state index in [4.69, 9.17) is 11.6 Å². The second-order valence-electron chi connectivity index (χ2n) is 4.85. The van der Waals surface area contributed by atoms with Crippen LogP contribution in [-0.2, 0) is 6.54 Å². The Labute approximate surface area is 118 Å². The highest BCUT2D eigenvalue weighted by atomic mass is 35.5. The molecule has 1 aromatic carbocycles. The Hall–Kier alpha value is -1.75. The van der Waals surface area contributed by atoms with Gasteiger partial charge in [0.25, 0.3) is 5.56 Å². The third-order valence-corrected chi connectivity index (χ3v) is 3.50. The van der Waals surface area contributed by atoms with Crippen LogP contribution in [0.3, 0.4) is 0 Å². The number of nitrogens with zero attached hydrogens (tertiary/aromatic N) is 2. The molecule has 1 heterocycles. The van der Waals surface area contributed by atoms with Gasteiger partial charge in [-0.1, -0.05) is 23.7 Å². The lowest BCUT2D eigenvalue weighted by Gasteiger charge is -2.12. The van der Waals surface area contributed by atoms with Crippen molar-refractivity contribution in [2.75, 3.05) is 0 Å². The number of rotatable bonds is 3. The van der Waals surface area contributed by atoms with Crippen LogP contribution in [0.5, 0.6) is 0 Å². The molecular weight excluding hydrogens is 286 g/mol. The van der Waals surface area contributed by atoms with Crippen LogP contribution in [0.2, 0.25) is 5.15 Å². The molecule has 6 heteroatoms. The fourth-order valence-corrected chi connectivity index (χ4v) is 2.33. The van der Waals surface area contributed by atoms with Crippen LogP contribution in [0.1, 0.15) is 30.1 Å². The molecule has 1 aliphatic rings. The van der Waals surface area contributed by atoms with Crippen molar-refractivity contribution < 1.29 is 8.78 Å². The van der Waals surface area contributed by atoms with Gasteiger partial charge in [-0.05, 0) is 18.9 Å². The van der Waals surface area contributed by atoms with E-state index in [0.717, 1.165) is 18.9 Å². The summed E-state index contributed by atoms with van der Waals surface area (Å²) in [5.41, 5.74) is -0.228. The van der Waals surface area contributed by atoms with Gasteiger partial charge >= 0.3 is 0 Å². The average molecular weight is 297 g/mol. The monoisotopic (exact) mass is 296 g/mol. The van der Waals surface area contributed by atoms with Crippen molar-refractivity contribution in [2.45, 2.75) is 25.3 Å². The van der Waals surface area contributed by atoms with E-state index in [2.05, 4.69) is 4.98 Å². The summed E-state index contributed by atoms with van der Waals surface area (Å²) in [6.45, 7) is -0.0432. The summed E-state index contributed by atoms with van der Waals surface area (Å²) < 4.78 is 28.3. The Morgan fingerprint density at radius 2 is 2.10 bits per heavy atom. The first-order valence-electron chi connectivity index (χ1n) is 6.26. The SMILES string of the molecule is O=c1cc(Cl)nc(C2CC2)n1Cc1cccc(F)c1F. The first-order valence-corrected chi connectivity index (χ1v) is 6.64. The van der Waals surface area contributed by atoms with E-state index in [1.54, 1.807) is 0 Å². The van der Waals surface area contributed by atoms with Crippen molar-refractivity contribution in [1.29, 1.82) is 0 Å². The van der Waals surface area contributed by atoms with E-state index in [0.29, 0.717) is 5.82 Å². The second kappa shape index (κ2) is 4.98. The standard InChI is InChI=1S/C14H11ClF2N2O/c15-11-6-12(20)19(14(18-11)8-4-5-8)7-9-2-1-3-10(16)13(9)17/h1-3,6,8H,4-5,7H2. The highest BCUT2D eigenvalue weighted by Crippen LogP contribution is 2.39. The summed E-state index contributed by atoms with van der Waals surface area (Å²) in [6, 6.07) is 5.10. The Balaban J connectivity index is 2.06. The lowest BCUT2D eigenvalue weighted by Crippen LogP contribution is -2.25. The van der Waals surface area contributed by atoms with Crippen LogP contribution in [0.4, 0.5) is 8.78 Å². The molecule has 1 aromatic heterocycles. The summed E-state index contributed by atoms with van der Waals surface area (Å²) in [7, 11) is 0. The van der Waals surface area contributed by atoms with Gasteiger partial charge in [0.2, 0.25) is 0 Å². The minimum absolute atomic E-state index is 0.0432. The zero-order valence-corrected chi connectivity index (χ0v) is 11.2. The van der Waals surface area contributed by atoms with Crippen LogP contribution in [-0.4, -0.2) is 9.55 Å². The minimum atomic E-state index is -0.934. The molecule has 0 bridgehead atoms. The quantitative estimate of drug-likeness (QED) is 0.816. The fraction of sp³-hybridized carbons (Fsp3) is 0.286. The van der Waals surface area contributed by atoms with Crippen molar-refractivity contribution in [2.24, 2.45) is 0 Å². The third-order valence-electron chi connectivity index (χ3n) is 3.31. The molecule has 104 valence electrons. The van der Waals surface area contributed by atoms with Crippen LogP contribution in [0, 0.1) is 11.6 Å². The van der Waals surface area contributed by atoms with Crippen molar-refractivity contribution in [1.82, 2.24) is 9.55 Å². The van der Waals surface area contributed by atoms with Crippen LogP contribution in [0.15, 0.2) is 29.1 Å². The van der Waals surface area contributed by atoms with Gasteiger partial charge in [-0.15, -0.1) is 0 Å². The lowest BCUT2D eigenvalue weighted by molar-refractivity contribution is 0.492. The minimum Gasteiger partial charge on any atom is -0.292 e. The molecule has 0 atom stereocenters. The normalized spacial score (nSPS) is 14.6. The average Bonchev–Trinajstić information content (AvgIpc) is 3.21. The van der Waals surface area contributed by atoms with Gasteiger partial charge in [0, 0.05) is 17.5 Å². The summed E-state index contributed by atoms with van der Waals surface area (Å²) in [6.07, 6.45) is 1.86. The summed E-state index contributed by atoms with van der Waals surface area (Å²) in [4.78, 5) is 16.2. The largest absolute Gasteiger partial charge is 0.292 e. The smallest absolute Gasteiger partial charge is 0.255 e. The molecule has 0 spiro atoms. The summed E-state index contributed by atoms with van der Waals surface area (Å²) >= 11 is 5.79.